The van der Waals surface area contributed by atoms with Crippen molar-refractivity contribution in [2.45, 2.75) is 27.7 Å². The quantitative estimate of drug-likeness (QED) is 0.371. The summed E-state index contributed by atoms with van der Waals surface area (Å²) in [6, 6.07) is 0. The van der Waals surface area contributed by atoms with Crippen molar-refractivity contribution in [3.05, 3.63) is 12.2 Å². The van der Waals surface area contributed by atoms with Crippen LogP contribution in [0.25, 0.3) is 0 Å². The van der Waals surface area contributed by atoms with Crippen molar-refractivity contribution in [1.29, 1.82) is 5.41 Å². The van der Waals surface area contributed by atoms with E-state index in [0.717, 1.165) is 0 Å². The van der Waals surface area contributed by atoms with Crippen LogP contribution in [0.4, 0.5) is 0 Å². The van der Waals surface area contributed by atoms with E-state index in [1.54, 1.807) is 0 Å². The van der Waals surface area contributed by atoms with Gasteiger partial charge in [0.15, 0.2) is 0 Å². The normalized spacial score (nSPS) is 6.00. The first-order chi connectivity index (χ1) is 3.91. The van der Waals surface area contributed by atoms with E-state index in [-0.39, 0.29) is 0 Å². The Hall–Kier alpha value is -0.590. The van der Waals surface area contributed by atoms with Gasteiger partial charge < -0.3 is 5.41 Å². The molecule has 8 heavy (non-hydrogen) atoms. The van der Waals surface area contributed by atoms with Gasteiger partial charge in [-0.2, -0.15) is 0 Å². The van der Waals surface area contributed by atoms with E-state index in [0.29, 0.717) is 0 Å². The molecule has 0 heterocycles. The lowest BCUT2D eigenvalue weighted by molar-refractivity contribution is 1.50. The van der Waals surface area contributed by atoms with E-state index < -0.39 is 0 Å². The third-order valence-corrected chi connectivity index (χ3v) is 0.333. The largest absolute Gasteiger partial charge is 0.317 e. The average molecular weight is 115 g/mol. The molecule has 0 saturated heterocycles. The molecule has 0 rings (SSSR count). The molecule has 50 valence electrons. The molecule has 0 bridgehead atoms. The summed E-state index contributed by atoms with van der Waals surface area (Å²) in [6.07, 6.45) is 4.00. The summed E-state index contributed by atoms with van der Waals surface area (Å²) >= 11 is 0. The van der Waals surface area contributed by atoms with E-state index in [4.69, 9.17) is 5.41 Å². The minimum Gasteiger partial charge on any atom is -0.317 e. The third-order valence-electron chi connectivity index (χ3n) is 0.333. The van der Waals surface area contributed by atoms with Crippen LogP contribution in [0.1, 0.15) is 27.7 Å². The molecule has 0 amide bonds. The number of allylic oxidation sites excluding steroid dienone is 2. The topological polar surface area (TPSA) is 23.9 Å². The molecule has 0 aliphatic carbocycles. The van der Waals surface area contributed by atoms with E-state index in [1.807, 2.05) is 39.8 Å². The van der Waals surface area contributed by atoms with E-state index in [1.165, 1.54) is 0 Å². The minimum atomic E-state index is 2.00. The van der Waals surface area contributed by atoms with Gasteiger partial charge in [-0.3, -0.25) is 0 Å². The summed E-state index contributed by atoms with van der Waals surface area (Å²) in [6.45, 7) is 10.5. The van der Waals surface area contributed by atoms with Crippen LogP contribution >= 0.6 is 0 Å². The first-order valence-corrected chi connectivity index (χ1v) is 2.84. The van der Waals surface area contributed by atoms with Gasteiger partial charge in [0.1, 0.15) is 0 Å². The lowest BCUT2D eigenvalue weighted by Crippen LogP contribution is -1.26. The zero-order chi connectivity index (χ0) is 7.41. The fraction of sp³-hybridized carbons (Fsp3) is 0.571. The average Bonchev–Trinajstić information content (AvgIpc) is 1.96. The molecule has 1 N–H and O–H groups in total. The maximum Gasteiger partial charge on any atom is -0.0187 e. The first-order valence-electron chi connectivity index (χ1n) is 2.84. The van der Waals surface area contributed by atoms with Crippen molar-refractivity contribution in [1.82, 2.24) is 0 Å². The summed E-state index contributed by atoms with van der Waals surface area (Å²) in [4.78, 5) is 0. The van der Waals surface area contributed by atoms with Crippen LogP contribution in [0.15, 0.2) is 12.2 Å². The highest BCUT2D eigenvalue weighted by atomic mass is 14.2. The van der Waals surface area contributed by atoms with Crippen molar-refractivity contribution in [2.75, 3.05) is 0 Å². The van der Waals surface area contributed by atoms with Gasteiger partial charge in [-0.05, 0) is 20.6 Å². The number of nitrogens with one attached hydrogen (secondary N) is 1. The van der Waals surface area contributed by atoms with Crippen LogP contribution in [0.5, 0.6) is 0 Å². The van der Waals surface area contributed by atoms with Gasteiger partial charge in [-0.1, -0.05) is 26.0 Å². The van der Waals surface area contributed by atoms with E-state index in [2.05, 4.69) is 6.72 Å². The molecule has 0 unspecified atom stereocenters. The molecule has 0 aliphatic heterocycles. The zero-order valence-corrected chi connectivity index (χ0v) is 6.36. The SMILES string of the molecule is C/C=C\C.C=N.CC. The van der Waals surface area contributed by atoms with Gasteiger partial charge >= 0.3 is 0 Å². The molecule has 0 aromatic carbocycles. The maximum atomic E-state index is 5.50. The Bertz CT molecular complexity index is 27.4. The van der Waals surface area contributed by atoms with Crippen molar-refractivity contribution in [2.24, 2.45) is 0 Å². The Morgan fingerprint density at radius 2 is 1.12 bits per heavy atom. The molecular weight excluding hydrogens is 98.1 g/mol. The molecule has 0 aromatic rings. The predicted octanol–water partition coefficient (Wildman–Crippen LogP) is 2.87. The Morgan fingerprint density at radius 3 is 1.12 bits per heavy atom. The molecule has 1 nitrogen and oxygen atoms in total. The first kappa shape index (κ1) is 15.7. The molecule has 0 aliphatic rings. The van der Waals surface area contributed by atoms with Crippen LogP contribution in [-0.4, -0.2) is 6.72 Å². The number of hydrogen-bond donors (Lipinski definition) is 1. The monoisotopic (exact) mass is 115 g/mol. The molecule has 0 aromatic heterocycles. The number of rotatable bonds is 0. The summed E-state index contributed by atoms with van der Waals surface area (Å²) < 4.78 is 0. The highest BCUT2D eigenvalue weighted by Crippen LogP contribution is 1.57. The van der Waals surface area contributed by atoms with Gasteiger partial charge in [0, 0.05) is 0 Å². The van der Waals surface area contributed by atoms with Crippen molar-refractivity contribution < 1.29 is 0 Å². The summed E-state index contributed by atoms with van der Waals surface area (Å²) in [5.41, 5.74) is 0. The Kier molecular flexibility index (Phi) is 185. The summed E-state index contributed by atoms with van der Waals surface area (Å²) in [5.74, 6) is 0. The van der Waals surface area contributed by atoms with Gasteiger partial charge in [0.25, 0.3) is 0 Å². The summed E-state index contributed by atoms with van der Waals surface area (Å²) in [7, 11) is 0. The van der Waals surface area contributed by atoms with Crippen LogP contribution in [0.3, 0.4) is 0 Å². The van der Waals surface area contributed by atoms with E-state index in [9.17, 15) is 0 Å². The van der Waals surface area contributed by atoms with E-state index >= 15 is 0 Å². The molecule has 0 spiro atoms. The van der Waals surface area contributed by atoms with Crippen LogP contribution in [0, 0.1) is 5.41 Å². The van der Waals surface area contributed by atoms with Gasteiger partial charge in [0.2, 0.25) is 0 Å². The maximum absolute atomic E-state index is 5.50. The lowest BCUT2D eigenvalue weighted by atomic mass is 10.6. The fourth-order valence-electron chi connectivity index (χ4n) is 0. The molecule has 0 saturated carbocycles. The highest BCUT2D eigenvalue weighted by molar-refractivity contribution is 5.15. The Morgan fingerprint density at radius 1 is 1.00 bits per heavy atom. The molecule has 0 fully saturated rings. The molecular formula is C7H17N. The van der Waals surface area contributed by atoms with Crippen molar-refractivity contribution >= 4 is 6.72 Å². The fourth-order valence-corrected chi connectivity index (χ4v) is 0. The smallest absolute Gasteiger partial charge is 0.0187 e. The van der Waals surface area contributed by atoms with Crippen LogP contribution in [0.2, 0.25) is 0 Å². The van der Waals surface area contributed by atoms with Gasteiger partial charge in [-0.25, -0.2) is 0 Å². The Labute approximate surface area is 52.9 Å². The van der Waals surface area contributed by atoms with Crippen LogP contribution < -0.4 is 0 Å². The molecule has 0 radical (unpaired) electrons. The second-order valence-electron chi connectivity index (χ2n) is 0.667. The highest BCUT2D eigenvalue weighted by Gasteiger charge is 1.34. The summed E-state index contributed by atoms with van der Waals surface area (Å²) in [5, 5.41) is 5.50. The van der Waals surface area contributed by atoms with Crippen LogP contribution in [-0.2, 0) is 0 Å². The molecule has 1 heteroatoms. The molecule has 0 atom stereocenters. The second-order valence-corrected chi connectivity index (χ2v) is 0.667. The van der Waals surface area contributed by atoms with Crippen molar-refractivity contribution in [3.63, 3.8) is 0 Å². The van der Waals surface area contributed by atoms with Crippen molar-refractivity contribution in [3.8, 4) is 0 Å². The lowest BCUT2D eigenvalue weighted by Gasteiger charge is -1.49. The minimum absolute atomic E-state index is 2.00. The third kappa shape index (κ3) is 626. The van der Waals surface area contributed by atoms with Gasteiger partial charge in [0.05, 0.1) is 0 Å². The second kappa shape index (κ2) is 94.4. The predicted molar refractivity (Wildman–Crippen MR) is 41.7 cm³/mol. The Balaban J connectivity index is -0.0000000542. The van der Waals surface area contributed by atoms with Gasteiger partial charge in [-0.15, -0.1) is 0 Å². The zero-order valence-electron chi connectivity index (χ0n) is 6.36. The standard InChI is InChI=1S/C4H8.C2H6.CH3N/c1-3-4-2;2*1-2/h3-4H,1-2H3;1-2H3;2H,1H2/b4-3-;;. The number of hydrogen-bond acceptors (Lipinski definition) is 1.